The molecule has 0 radical (unpaired) electrons. The van der Waals surface area contributed by atoms with Crippen molar-refractivity contribution in [2.75, 3.05) is 12.4 Å². The van der Waals surface area contributed by atoms with Crippen molar-refractivity contribution in [2.24, 2.45) is 0 Å². The number of benzene rings is 1. The normalized spacial score (nSPS) is 11.8. The van der Waals surface area contributed by atoms with E-state index in [9.17, 15) is 8.42 Å². The molecule has 0 aliphatic rings. The first-order chi connectivity index (χ1) is 12.0. The third-order valence-electron chi connectivity index (χ3n) is 4.48. The molecule has 4 heteroatoms. The van der Waals surface area contributed by atoms with Gasteiger partial charge in [-0.05, 0) is 62.1 Å². The zero-order valence-electron chi connectivity index (χ0n) is 16.4. The van der Waals surface area contributed by atoms with E-state index in [4.69, 9.17) is 4.18 Å². The summed E-state index contributed by atoms with van der Waals surface area (Å²) in [7, 11) is -3.32. The second-order valence-electron chi connectivity index (χ2n) is 6.84. The molecule has 0 amide bonds. The molecule has 144 valence electrons. The SMILES string of the molecule is CCCCCc1cc(CCCCC)cc(CCCOS(=O)(=O)CC)c1. The molecule has 0 aliphatic carbocycles. The van der Waals surface area contributed by atoms with Crippen molar-refractivity contribution in [3.05, 3.63) is 34.9 Å². The van der Waals surface area contributed by atoms with Crippen LogP contribution in [0.5, 0.6) is 0 Å². The van der Waals surface area contributed by atoms with Gasteiger partial charge >= 0.3 is 0 Å². The highest BCUT2D eigenvalue weighted by atomic mass is 32.2. The number of hydrogen-bond donors (Lipinski definition) is 0. The summed E-state index contributed by atoms with van der Waals surface area (Å²) in [6.45, 7) is 6.35. The third kappa shape index (κ3) is 10.0. The van der Waals surface area contributed by atoms with Gasteiger partial charge < -0.3 is 0 Å². The average Bonchev–Trinajstić information content (AvgIpc) is 2.59. The largest absolute Gasteiger partial charge is 0.270 e. The molecule has 0 saturated carbocycles. The Balaban J connectivity index is 2.64. The molecule has 0 unspecified atom stereocenters. The van der Waals surface area contributed by atoms with Crippen molar-refractivity contribution in [3.63, 3.8) is 0 Å². The molecule has 1 aromatic rings. The fourth-order valence-electron chi connectivity index (χ4n) is 2.98. The van der Waals surface area contributed by atoms with E-state index in [-0.39, 0.29) is 12.4 Å². The van der Waals surface area contributed by atoms with E-state index < -0.39 is 10.1 Å². The van der Waals surface area contributed by atoms with Gasteiger partial charge in [-0.1, -0.05) is 57.7 Å². The highest BCUT2D eigenvalue weighted by Gasteiger charge is 2.07. The molecule has 0 N–H and O–H groups in total. The van der Waals surface area contributed by atoms with E-state index in [1.165, 1.54) is 55.2 Å². The van der Waals surface area contributed by atoms with Crippen molar-refractivity contribution in [2.45, 2.75) is 85.0 Å². The molecule has 0 spiro atoms. The van der Waals surface area contributed by atoms with Gasteiger partial charge in [0.25, 0.3) is 10.1 Å². The molecule has 1 rings (SSSR count). The monoisotopic (exact) mass is 368 g/mol. The predicted octanol–water partition coefficient (Wildman–Crippen LogP) is 5.45. The van der Waals surface area contributed by atoms with Gasteiger partial charge in [0.1, 0.15) is 0 Å². The van der Waals surface area contributed by atoms with Gasteiger partial charge in [-0.25, -0.2) is 0 Å². The van der Waals surface area contributed by atoms with Gasteiger partial charge in [0.2, 0.25) is 0 Å². The lowest BCUT2D eigenvalue weighted by molar-refractivity contribution is 0.313. The topological polar surface area (TPSA) is 43.4 Å². The van der Waals surface area contributed by atoms with Crippen LogP contribution in [0.15, 0.2) is 18.2 Å². The molecule has 0 saturated heterocycles. The van der Waals surface area contributed by atoms with E-state index in [1.54, 1.807) is 6.92 Å². The van der Waals surface area contributed by atoms with E-state index in [0.717, 1.165) is 25.7 Å². The third-order valence-corrected chi connectivity index (χ3v) is 5.71. The van der Waals surface area contributed by atoms with Crippen LogP contribution in [0.2, 0.25) is 0 Å². The summed E-state index contributed by atoms with van der Waals surface area (Å²) >= 11 is 0. The molecule has 0 heterocycles. The minimum Gasteiger partial charge on any atom is -0.270 e. The molecule has 0 aromatic heterocycles. The van der Waals surface area contributed by atoms with Crippen molar-refractivity contribution in [1.29, 1.82) is 0 Å². The Hall–Kier alpha value is -0.870. The number of rotatable bonds is 14. The lowest BCUT2D eigenvalue weighted by Crippen LogP contribution is -2.09. The van der Waals surface area contributed by atoms with Gasteiger partial charge in [0.05, 0.1) is 12.4 Å². The molecule has 25 heavy (non-hydrogen) atoms. The Kier molecular flexibility index (Phi) is 11.1. The number of unbranched alkanes of at least 4 members (excludes halogenated alkanes) is 4. The van der Waals surface area contributed by atoms with Gasteiger partial charge in [0, 0.05) is 0 Å². The Morgan fingerprint density at radius 1 is 0.720 bits per heavy atom. The summed E-state index contributed by atoms with van der Waals surface area (Å²) in [5.74, 6) is 0.0431. The lowest BCUT2D eigenvalue weighted by Gasteiger charge is -2.10. The van der Waals surface area contributed by atoms with Gasteiger partial charge in [-0.3, -0.25) is 4.18 Å². The van der Waals surface area contributed by atoms with Crippen molar-refractivity contribution >= 4 is 10.1 Å². The lowest BCUT2D eigenvalue weighted by atomic mass is 9.96. The zero-order chi connectivity index (χ0) is 18.5. The fourth-order valence-corrected chi connectivity index (χ4v) is 3.51. The second kappa shape index (κ2) is 12.5. The highest BCUT2D eigenvalue weighted by Crippen LogP contribution is 2.17. The van der Waals surface area contributed by atoms with Crippen LogP contribution in [0.3, 0.4) is 0 Å². The summed E-state index contributed by atoms with van der Waals surface area (Å²) in [4.78, 5) is 0. The standard InChI is InChI=1S/C21H36O3S/c1-4-7-9-12-19-16-20(13-10-8-5-2)18-21(17-19)14-11-15-24-25(22,23)6-3/h16-18H,4-15H2,1-3H3. The average molecular weight is 369 g/mol. The molecule has 1 aromatic carbocycles. The van der Waals surface area contributed by atoms with Crippen LogP contribution in [-0.4, -0.2) is 20.8 Å². The summed E-state index contributed by atoms with van der Waals surface area (Å²) in [6.07, 6.45) is 11.4. The van der Waals surface area contributed by atoms with Crippen LogP contribution in [0.25, 0.3) is 0 Å². The Bertz CT molecular complexity index is 551. The van der Waals surface area contributed by atoms with Gasteiger partial charge in [-0.2, -0.15) is 8.42 Å². The van der Waals surface area contributed by atoms with Crippen molar-refractivity contribution < 1.29 is 12.6 Å². The van der Waals surface area contributed by atoms with Crippen LogP contribution < -0.4 is 0 Å². The molecule has 0 aliphatic heterocycles. The smallest absolute Gasteiger partial charge is 0.267 e. The Morgan fingerprint density at radius 2 is 1.16 bits per heavy atom. The van der Waals surface area contributed by atoms with Crippen molar-refractivity contribution in [1.82, 2.24) is 0 Å². The molecule has 3 nitrogen and oxygen atoms in total. The molecule has 0 atom stereocenters. The van der Waals surface area contributed by atoms with E-state index in [1.807, 2.05) is 0 Å². The summed E-state index contributed by atoms with van der Waals surface area (Å²) in [5.41, 5.74) is 4.18. The first-order valence-electron chi connectivity index (χ1n) is 9.99. The number of hydrogen-bond acceptors (Lipinski definition) is 3. The van der Waals surface area contributed by atoms with Gasteiger partial charge in [0.15, 0.2) is 0 Å². The summed E-state index contributed by atoms with van der Waals surface area (Å²) in [6, 6.07) is 6.97. The Labute approximate surface area is 155 Å². The fraction of sp³-hybridized carbons (Fsp3) is 0.714. The maximum absolute atomic E-state index is 11.4. The second-order valence-corrected chi connectivity index (χ2v) is 8.77. The zero-order valence-corrected chi connectivity index (χ0v) is 17.2. The summed E-state index contributed by atoms with van der Waals surface area (Å²) in [5, 5.41) is 0. The highest BCUT2D eigenvalue weighted by molar-refractivity contribution is 7.86. The predicted molar refractivity (Wildman–Crippen MR) is 107 cm³/mol. The summed E-state index contributed by atoms with van der Waals surface area (Å²) < 4.78 is 27.8. The van der Waals surface area contributed by atoms with Crippen molar-refractivity contribution in [3.8, 4) is 0 Å². The first-order valence-corrected chi connectivity index (χ1v) is 11.6. The van der Waals surface area contributed by atoms with Gasteiger partial charge in [-0.15, -0.1) is 0 Å². The Morgan fingerprint density at radius 3 is 1.56 bits per heavy atom. The molecule has 0 fully saturated rings. The van der Waals surface area contributed by atoms with Crippen LogP contribution in [-0.2, 0) is 33.6 Å². The maximum Gasteiger partial charge on any atom is 0.267 e. The molecule has 0 bridgehead atoms. The van der Waals surface area contributed by atoms with E-state index in [0.29, 0.717) is 0 Å². The minimum absolute atomic E-state index is 0.0431. The molecular formula is C21H36O3S. The van der Waals surface area contributed by atoms with E-state index in [2.05, 4.69) is 32.0 Å². The number of aryl methyl sites for hydroxylation is 3. The van der Waals surface area contributed by atoms with Crippen LogP contribution in [0, 0.1) is 0 Å². The van der Waals surface area contributed by atoms with E-state index >= 15 is 0 Å². The minimum atomic E-state index is -3.32. The first kappa shape index (κ1) is 22.2. The van der Waals surface area contributed by atoms with Crippen LogP contribution >= 0.6 is 0 Å². The van der Waals surface area contributed by atoms with Crippen LogP contribution in [0.4, 0.5) is 0 Å². The van der Waals surface area contributed by atoms with Crippen LogP contribution in [0.1, 0.15) is 82.4 Å². The quantitative estimate of drug-likeness (QED) is 0.324. The maximum atomic E-state index is 11.4. The molecular weight excluding hydrogens is 332 g/mol.